The second kappa shape index (κ2) is 6.04. The molecule has 1 fully saturated rings. The summed E-state index contributed by atoms with van der Waals surface area (Å²) in [6.45, 7) is 0. The highest BCUT2D eigenvalue weighted by Crippen LogP contribution is 2.35. The molecule has 1 aromatic carbocycles. The predicted octanol–water partition coefficient (Wildman–Crippen LogP) is 4.49. The van der Waals surface area contributed by atoms with Crippen molar-refractivity contribution in [1.82, 2.24) is 9.97 Å². The van der Waals surface area contributed by atoms with Gasteiger partial charge in [-0.2, -0.15) is 0 Å². The molecule has 0 atom stereocenters. The normalized spacial score (nSPS) is 15.6. The third-order valence-electron chi connectivity index (χ3n) is 3.84. The number of aromatic amines is 1. The smallest absolute Gasteiger partial charge is 0.264 e. The summed E-state index contributed by atoms with van der Waals surface area (Å²) < 4.78 is 14.7. The molecule has 110 valence electrons. The first-order chi connectivity index (χ1) is 10.1. The van der Waals surface area contributed by atoms with E-state index in [4.69, 9.17) is 11.6 Å². The van der Waals surface area contributed by atoms with Gasteiger partial charge in [0, 0.05) is 5.92 Å². The van der Waals surface area contributed by atoms with Crippen LogP contribution in [0.2, 0.25) is 5.02 Å². The summed E-state index contributed by atoms with van der Waals surface area (Å²) in [6, 6.07) is 4.70. The number of benzene rings is 1. The molecule has 0 unspecified atom stereocenters. The molecule has 3 nitrogen and oxygen atoms in total. The Labute approximate surface area is 140 Å². The van der Waals surface area contributed by atoms with Gasteiger partial charge in [0.15, 0.2) is 5.82 Å². The van der Waals surface area contributed by atoms with Gasteiger partial charge in [-0.25, -0.2) is 9.37 Å². The molecule has 3 rings (SSSR count). The quantitative estimate of drug-likeness (QED) is 0.730. The lowest BCUT2D eigenvalue weighted by molar-refractivity contribution is 0.629. The summed E-state index contributed by atoms with van der Waals surface area (Å²) in [5, 5.41) is 0.0242. The molecule has 6 heteroatoms. The maximum absolute atomic E-state index is 14.1. The fraction of sp³-hybridized carbons (Fsp3) is 0.333. The van der Waals surface area contributed by atoms with Crippen molar-refractivity contribution in [2.75, 3.05) is 0 Å². The van der Waals surface area contributed by atoms with Crippen molar-refractivity contribution >= 4 is 34.2 Å². The van der Waals surface area contributed by atoms with Gasteiger partial charge in [-0.05, 0) is 47.6 Å². The largest absolute Gasteiger partial charge is 0.306 e. The van der Waals surface area contributed by atoms with Crippen LogP contribution in [0.3, 0.4) is 0 Å². The summed E-state index contributed by atoms with van der Waals surface area (Å²) in [6.07, 6.45) is 4.36. The minimum absolute atomic E-state index is 0.0242. The molecular weight excluding hydrogens is 406 g/mol. The lowest BCUT2D eigenvalue weighted by Gasteiger charge is -2.12. The Balaban J connectivity index is 2.15. The highest BCUT2D eigenvalue weighted by Gasteiger charge is 2.24. The van der Waals surface area contributed by atoms with E-state index < -0.39 is 5.82 Å². The van der Waals surface area contributed by atoms with Gasteiger partial charge in [0.25, 0.3) is 5.56 Å². The van der Waals surface area contributed by atoms with Gasteiger partial charge in [-0.15, -0.1) is 0 Å². The predicted molar refractivity (Wildman–Crippen MR) is 89.2 cm³/mol. The third kappa shape index (κ3) is 2.85. The Hall–Kier alpha value is -0.950. The van der Waals surface area contributed by atoms with Crippen LogP contribution in [0.25, 0.3) is 11.4 Å². The molecule has 0 saturated heterocycles. The molecule has 2 aromatic rings. The van der Waals surface area contributed by atoms with Gasteiger partial charge in [0.05, 0.1) is 19.9 Å². The number of H-pyrrole nitrogens is 1. The van der Waals surface area contributed by atoms with Crippen molar-refractivity contribution in [3.63, 3.8) is 0 Å². The van der Waals surface area contributed by atoms with E-state index >= 15 is 0 Å². The molecule has 0 bridgehead atoms. The Kier molecular flexibility index (Phi) is 4.31. The van der Waals surface area contributed by atoms with Crippen LogP contribution in [0, 0.1) is 9.39 Å². The standard InChI is InChI=1S/C15H13ClFIN2O/c16-10-7-3-6-9(11(10)17)14-19-13(8-4-1-2-5-8)12(18)15(21)20-14/h3,6-8H,1-2,4-5H2,(H,19,20,21). The zero-order valence-electron chi connectivity index (χ0n) is 11.1. The van der Waals surface area contributed by atoms with Crippen LogP contribution in [0.4, 0.5) is 4.39 Å². The molecule has 1 N–H and O–H groups in total. The number of rotatable bonds is 2. The second-order valence-corrected chi connectivity index (χ2v) is 6.68. The molecule has 0 aliphatic heterocycles. The molecular formula is C15H13ClFIN2O. The molecule has 1 aliphatic carbocycles. The first-order valence-electron chi connectivity index (χ1n) is 6.82. The Morgan fingerprint density at radius 1 is 1.33 bits per heavy atom. The van der Waals surface area contributed by atoms with Crippen LogP contribution in [-0.4, -0.2) is 9.97 Å². The van der Waals surface area contributed by atoms with Crippen LogP contribution in [0.5, 0.6) is 0 Å². The maximum atomic E-state index is 14.1. The van der Waals surface area contributed by atoms with E-state index in [0.717, 1.165) is 31.4 Å². The van der Waals surface area contributed by atoms with Crippen LogP contribution >= 0.6 is 34.2 Å². The van der Waals surface area contributed by atoms with E-state index in [1.807, 2.05) is 22.6 Å². The van der Waals surface area contributed by atoms with Gasteiger partial charge in [-0.3, -0.25) is 4.79 Å². The highest BCUT2D eigenvalue weighted by molar-refractivity contribution is 14.1. The maximum Gasteiger partial charge on any atom is 0.264 e. The number of halogens is 3. The summed E-state index contributed by atoms with van der Waals surface area (Å²) in [5.41, 5.74) is 0.795. The molecule has 0 amide bonds. The van der Waals surface area contributed by atoms with Crippen molar-refractivity contribution in [2.45, 2.75) is 31.6 Å². The SMILES string of the molecule is O=c1[nH]c(-c2cccc(Cl)c2F)nc(C2CCCC2)c1I. The van der Waals surface area contributed by atoms with E-state index in [1.165, 1.54) is 6.07 Å². The molecule has 1 aromatic heterocycles. The summed E-state index contributed by atoms with van der Waals surface area (Å²) >= 11 is 7.83. The van der Waals surface area contributed by atoms with Crippen molar-refractivity contribution < 1.29 is 4.39 Å². The second-order valence-electron chi connectivity index (χ2n) is 5.20. The van der Waals surface area contributed by atoms with Crippen molar-refractivity contribution in [1.29, 1.82) is 0 Å². The molecule has 1 heterocycles. The molecule has 0 spiro atoms. The topological polar surface area (TPSA) is 45.8 Å². The van der Waals surface area contributed by atoms with E-state index in [2.05, 4.69) is 9.97 Å². The third-order valence-corrected chi connectivity index (χ3v) is 5.17. The number of hydrogen-bond acceptors (Lipinski definition) is 2. The first kappa shape index (κ1) is 15.0. The van der Waals surface area contributed by atoms with Crippen LogP contribution in [-0.2, 0) is 0 Å². The Morgan fingerprint density at radius 2 is 2.05 bits per heavy atom. The number of nitrogens with one attached hydrogen (secondary N) is 1. The molecule has 0 radical (unpaired) electrons. The minimum Gasteiger partial charge on any atom is -0.306 e. The molecule has 1 aliphatic rings. The lowest BCUT2D eigenvalue weighted by Crippen LogP contribution is -2.18. The van der Waals surface area contributed by atoms with Crippen molar-refractivity contribution in [2.24, 2.45) is 0 Å². The average Bonchev–Trinajstić information content (AvgIpc) is 2.99. The lowest BCUT2D eigenvalue weighted by atomic mass is 10.0. The molecule has 21 heavy (non-hydrogen) atoms. The minimum atomic E-state index is -0.555. The van der Waals surface area contributed by atoms with Crippen molar-refractivity contribution in [3.8, 4) is 11.4 Å². The van der Waals surface area contributed by atoms with Crippen LogP contribution < -0.4 is 5.56 Å². The van der Waals surface area contributed by atoms with Gasteiger partial charge >= 0.3 is 0 Å². The zero-order valence-corrected chi connectivity index (χ0v) is 14.0. The fourth-order valence-electron chi connectivity index (χ4n) is 2.76. The van der Waals surface area contributed by atoms with Gasteiger partial charge < -0.3 is 4.98 Å². The highest BCUT2D eigenvalue weighted by atomic mass is 127. The number of hydrogen-bond donors (Lipinski definition) is 1. The van der Waals surface area contributed by atoms with E-state index in [1.54, 1.807) is 12.1 Å². The average molecular weight is 419 g/mol. The summed E-state index contributed by atoms with van der Waals surface area (Å²) in [4.78, 5) is 19.3. The van der Waals surface area contributed by atoms with E-state index in [-0.39, 0.29) is 22.0 Å². The van der Waals surface area contributed by atoms with Gasteiger partial charge in [-0.1, -0.05) is 30.5 Å². The van der Waals surface area contributed by atoms with E-state index in [0.29, 0.717) is 9.49 Å². The first-order valence-corrected chi connectivity index (χ1v) is 8.27. The van der Waals surface area contributed by atoms with Gasteiger partial charge in [0.2, 0.25) is 0 Å². The van der Waals surface area contributed by atoms with Crippen molar-refractivity contribution in [3.05, 3.63) is 48.7 Å². The Morgan fingerprint density at radius 3 is 2.76 bits per heavy atom. The van der Waals surface area contributed by atoms with Gasteiger partial charge in [0.1, 0.15) is 5.82 Å². The Bertz CT molecular complexity index is 741. The molecule has 1 saturated carbocycles. The zero-order chi connectivity index (χ0) is 15.0. The van der Waals surface area contributed by atoms with E-state index in [9.17, 15) is 9.18 Å². The van der Waals surface area contributed by atoms with Crippen LogP contribution in [0.1, 0.15) is 37.3 Å². The monoisotopic (exact) mass is 418 g/mol. The number of nitrogens with zero attached hydrogens (tertiary/aromatic N) is 1. The summed E-state index contributed by atoms with van der Waals surface area (Å²) in [5.74, 6) is -0.0107. The van der Waals surface area contributed by atoms with Crippen LogP contribution in [0.15, 0.2) is 23.0 Å². The summed E-state index contributed by atoms with van der Waals surface area (Å²) in [7, 11) is 0. The fourth-order valence-corrected chi connectivity index (χ4v) is 3.63. The number of aromatic nitrogens is 2.